The topological polar surface area (TPSA) is 63.2 Å². The summed E-state index contributed by atoms with van der Waals surface area (Å²) < 4.78 is 22.3. The van der Waals surface area contributed by atoms with Crippen LogP contribution in [0.3, 0.4) is 0 Å². The first-order valence-corrected chi connectivity index (χ1v) is 7.32. The van der Waals surface area contributed by atoms with Crippen molar-refractivity contribution in [1.82, 2.24) is 5.32 Å². The summed E-state index contributed by atoms with van der Waals surface area (Å²) in [6.45, 7) is 0. The summed E-state index contributed by atoms with van der Waals surface area (Å²) in [7, 11) is -2.92. The summed E-state index contributed by atoms with van der Waals surface area (Å²) in [5.74, 6) is 0.0825. The minimum absolute atomic E-state index is 0.0735. The highest BCUT2D eigenvalue weighted by Gasteiger charge is 2.29. The SMILES string of the molecule is O=C(N[C@@H]1CCS(=O)(=O)C1)c1cccs1. The fraction of sp³-hybridized carbons (Fsp3) is 0.444. The van der Waals surface area contributed by atoms with Crippen LogP contribution in [-0.4, -0.2) is 31.9 Å². The van der Waals surface area contributed by atoms with E-state index in [9.17, 15) is 13.2 Å². The Balaban J connectivity index is 1.97. The Kier molecular flexibility index (Phi) is 2.79. The Hall–Kier alpha value is -0.880. The molecule has 1 saturated heterocycles. The fourth-order valence-corrected chi connectivity index (χ4v) is 3.87. The minimum atomic E-state index is -2.92. The second kappa shape index (κ2) is 3.94. The number of sulfone groups is 1. The summed E-state index contributed by atoms with van der Waals surface area (Å²) in [4.78, 5) is 12.2. The second-order valence-electron chi connectivity index (χ2n) is 3.55. The van der Waals surface area contributed by atoms with Gasteiger partial charge in [-0.25, -0.2) is 8.42 Å². The van der Waals surface area contributed by atoms with E-state index in [1.165, 1.54) is 11.3 Å². The van der Waals surface area contributed by atoms with Crippen molar-refractivity contribution in [3.05, 3.63) is 22.4 Å². The van der Waals surface area contributed by atoms with Crippen LogP contribution in [0.1, 0.15) is 16.1 Å². The van der Waals surface area contributed by atoms with Crippen LogP contribution in [0, 0.1) is 0 Å². The van der Waals surface area contributed by atoms with E-state index in [1.807, 2.05) is 5.38 Å². The summed E-state index contributed by atoms with van der Waals surface area (Å²) in [5.41, 5.74) is 0. The number of amides is 1. The fourth-order valence-electron chi connectivity index (χ4n) is 1.57. The third kappa shape index (κ3) is 2.57. The average Bonchev–Trinajstić information content (AvgIpc) is 2.74. The van der Waals surface area contributed by atoms with Crippen LogP contribution in [0.4, 0.5) is 0 Å². The molecule has 0 saturated carbocycles. The molecule has 1 aliphatic heterocycles. The standard InChI is InChI=1S/C9H11NO3S2/c11-9(8-2-1-4-14-8)10-7-3-5-15(12,13)6-7/h1-2,4,7H,3,5-6H2,(H,10,11)/t7-/m1/s1. The van der Waals surface area contributed by atoms with Crippen LogP contribution in [0.25, 0.3) is 0 Å². The third-order valence-electron chi connectivity index (χ3n) is 2.31. The maximum atomic E-state index is 11.6. The number of hydrogen-bond donors (Lipinski definition) is 1. The van der Waals surface area contributed by atoms with Gasteiger partial charge in [0, 0.05) is 6.04 Å². The smallest absolute Gasteiger partial charge is 0.261 e. The molecule has 0 aliphatic carbocycles. The van der Waals surface area contributed by atoms with Gasteiger partial charge in [0.1, 0.15) is 0 Å². The lowest BCUT2D eigenvalue weighted by molar-refractivity contribution is 0.0945. The first kappa shape index (κ1) is 10.6. The van der Waals surface area contributed by atoms with Crippen molar-refractivity contribution >= 4 is 27.1 Å². The summed E-state index contributed by atoms with van der Waals surface area (Å²) in [6, 6.07) is 3.30. The van der Waals surface area contributed by atoms with Gasteiger partial charge in [-0.1, -0.05) is 6.07 Å². The van der Waals surface area contributed by atoms with E-state index in [1.54, 1.807) is 12.1 Å². The van der Waals surface area contributed by atoms with E-state index in [4.69, 9.17) is 0 Å². The van der Waals surface area contributed by atoms with Crippen LogP contribution >= 0.6 is 11.3 Å². The number of carbonyl (C=O) groups is 1. The molecular weight excluding hydrogens is 234 g/mol. The Morgan fingerprint density at radius 1 is 1.53 bits per heavy atom. The summed E-state index contributed by atoms with van der Waals surface area (Å²) in [5, 5.41) is 4.55. The molecule has 4 nitrogen and oxygen atoms in total. The first-order chi connectivity index (χ1) is 7.07. The molecule has 1 aromatic rings. The van der Waals surface area contributed by atoms with Gasteiger partial charge in [-0.05, 0) is 17.9 Å². The van der Waals surface area contributed by atoms with Gasteiger partial charge in [-0.15, -0.1) is 11.3 Å². The van der Waals surface area contributed by atoms with E-state index in [0.29, 0.717) is 11.3 Å². The van der Waals surface area contributed by atoms with Crippen LogP contribution in [0.5, 0.6) is 0 Å². The molecule has 15 heavy (non-hydrogen) atoms. The highest BCUT2D eigenvalue weighted by Crippen LogP contribution is 2.13. The van der Waals surface area contributed by atoms with Gasteiger partial charge in [0.05, 0.1) is 16.4 Å². The number of carbonyl (C=O) groups excluding carboxylic acids is 1. The van der Waals surface area contributed by atoms with Crippen molar-refractivity contribution in [2.24, 2.45) is 0 Å². The zero-order valence-electron chi connectivity index (χ0n) is 7.97. The maximum Gasteiger partial charge on any atom is 0.261 e. The van der Waals surface area contributed by atoms with Crippen molar-refractivity contribution < 1.29 is 13.2 Å². The Labute approximate surface area is 92.2 Å². The van der Waals surface area contributed by atoms with Gasteiger partial charge in [0.25, 0.3) is 5.91 Å². The normalized spacial score (nSPS) is 23.9. The lowest BCUT2D eigenvalue weighted by Crippen LogP contribution is -2.35. The van der Waals surface area contributed by atoms with Crippen LogP contribution in [0.2, 0.25) is 0 Å². The molecule has 0 unspecified atom stereocenters. The molecule has 82 valence electrons. The van der Waals surface area contributed by atoms with Crippen LogP contribution in [0.15, 0.2) is 17.5 Å². The molecule has 0 radical (unpaired) electrons. The van der Waals surface area contributed by atoms with Gasteiger partial charge in [-0.2, -0.15) is 0 Å². The van der Waals surface area contributed by atoms with E-state index < -0.39 is 9.84 Å². The molecule has 1 amide bonds. The Morgan fingerprint density at radius 2 is 2.33 bits per heavy atom. The maximum absolute atomic E-state index is 11.6. The average molecular weight is 245 g/mol. The molecule has 0 spiro atoms. The van der Waals surface area contributed by atoms with Crippen molar-refractivity contribution in [2.75, 3.05) is 11.5 Å². The molecule has 2 heterocycles. The number of thiophene rings is 1. The number of hydrogen-bond acceptors (Lipinski definition) is 4. The van der Waals surface area contributed by atoms with Gasteiger partial charge in [0.2, 0.25) is 0 Å². The molecule has 0 aromatic carbocycles. The molecule has 1 fully saturated rings. The third-order valence-corrected chi connectivity index (χ3v) is 4.95. The number of rotatable bonds is 2. The molecule has 2 rings (SSSR count). The second-order valence-corrected chi connectivity index (χ2v) is 6.73. The van der Waals surface area contributed by atoms with Crippen LogP contribution < -0.4 is 5.32 Å². The zero-order valence-corrected chi connectivity index (χ0v) is 9.60. The summed E-state index contributed by atoms with van der Waals surface area (Å²) in [6.07, 6.45) is 0.527. The van der Waals surface area contributed by atoms with Gasteiger partial charge < -0.3 is 5.32 Å². The molecule has 0 bridgehead atoms. The van der Waals surface area contributed by atoms with E-state index in [0.717, 1.165) is 0 Å². The van der Waals surface area contributed by atoms with Gasteiger partial charge >= 0.3 is 0 Å². The van der Waals surface area contributed by atoms with E-state index in [2.05, 4.69) is 5.32 Å². The highest BCUT2D eigenvalue weighted by molar-refractivity contribution is 7.91. The zero-order chi connectivity index (χ0) is 10.9. The predicted octanol–water partition coefficient (Wildman–Crippen LogP) is 0.665. The predicted molar refractivity (Wildman–Crippen MR) is 58.8 cm³/mol. The molecule has 1 N–H and O–H groups in total. The Bertz CT molecular complexity index is 450. The molecule has 1 aromatic heterocycles. The molecular formula is C9H11NO3S2. The lowest BCUT2D eigenvalue weighted by atomic mass is 10.2. The molecule has 6 heteroatoms. The molecule has 1 aliphatic rings. The van der Waals surface area contributed by atoms with E-state index >= 15 is 0 Å². The van der Waals surface area contributed by atoms with E-state index in [-0.39, 0.29) is 23.5 Å². The van der Waals surface area contributed by atoms with Crippen molar-refractivity contribution in [3.63, 3.8) is 0 Å². The van der Waals surface area contributed by atoms with Crippen molar-refractivity contribution in [2.45, 2.75) is 12.5 Å². The largest absolute Gasteiger partial charge is 0.348 e. The quantitative estimate of drug-likeness (QED) is 0.832. The van der Waals surface area contributed by atoms with Gasteiger partial charge in [-0.3, -0.25) is 4.79 Å². The van der Waals surface area contributed by atoms with Crippen LogP contribution in [-0.2, 0) is 9.84 Å². The number of nitrogens with one attached hydrogen (secondary N) is 1. The summed E-state index contributed by atoms with van der Waals surface area (Å²) >= 11 is 1.35. The first-order valence-electron chi connectivity index (χ1n) is 4.62. The minimum Gasteiger partial charge on any atom is -0.348 e. The molecule has 1 atom stereocenters. The van der Waals surface area contributed by atoms with Crippen molar-refractivity contribution in [1.29, 1.82) is 0 Å². The highest BCUT2D eigenvalue weighted by atomic mass is 32.2. The Morgan fingerprint density at radius 3 is 2.87 bits per heavy atom. The monoisotopic (exact) mass is 245 g/mol. The van der Waals surface area contributed by atoms with Gasteiger partial charge in [0.15, 0.2) is 9.84 Å². The van der Waals surface area contributed by atoms with Crippen molar-refractivity contribution in [3.8, 4) is 0 Å². The lowest BCUT2D eigenvalue weighted by Gasteiger charge is -2.08.